The van der Waals surface area contributed by atoms with E-state index >= 15 is 0 Å². The van der Waals surface area contributed by atoms with Gasteiger partial charge >= 0.3 is 5.69 Å². The molecule has 2 rings (SSSR count). The van der Waals surface area contributed by atoms with E-state index < -0.39 is 11.0 Å². The van der Waals surface area contributed by atoms with Gasteiger partial charge in [0, 0.05) is 12.7 Å². The molecule has 0 aliphatic carbocycles. The molecule has 1 aromatic heterocycles. The number of pyridine rings is 1. The molecule has 0 radical (unpaired) electrons. The summed E-state index contributed by atoms with van der Waals surface area (Å²) in [5.74, 6) is 0. The van der Waals surface area contributed by atoms with Crippen molar-refractivity contribution in [3.8, 4) is 0 Å². The highest BCUT2D eigenvalue weighted by atomic mass is 16.6. The van der Waals surface area contributed by atoms with Gasteiger partial charge in [0.05, 0.1) is 21.9 Å². The molecule has 0 amide bonds. The summed E-state index contributed by atoms with van der Waals surface area (Å²) in [4.78, 5) is 14.8. The van der Waals surface area contributed by atoms with Crippen LogP contribution in [0.3, 0.4) is 0 Å². The van der Waals surface area contributed by atoms with Crippen molar-refractivity contribution in [3.63, 3.8) is 0 Å². The minimum absolute atomic E-state index is 0.0127. The lowest BCUT2D eigenvalue weighted by molar-refractivity contribution is -0.382. The minimum Gasteiger partial charge on any atom is -0.392 e. The van der Waals surface area contributed by atoms with Gasteiger partial charge in [-0.3, -0.25) is 15.1 Å². The summed E-state index contributed by atoms with van der Waals surface area (Å²) in [6.45, 7) is 1.87. The van der Waals surface area contributed by atoms with E-state index in [4.69, 9.17) is 0 Å². The molecule has 0 saturated heterocycles. The molecule has 1 atom stereocenters. The summed E-state index contributed by atoms with van der Waals surface area (Å²) in [6.07, 6.45) is 1.02. The van der Waals surface area contributed by atoms with Crippen LogP contribution in [0.4, 0.5) is 11.4 Å². The Hall–Kier alpha value is -2.21. The van der Waals surface area contributed by atoms with E-state index in [1.807, 2.05) is 0 Å². The number of nitro groups is 1. The zero-order valence-corrected chi connectivity index (χ0v) is 9.83. The maximum Gasteiger partial charge on any atom is 0.301 e. The molecule has 0 saturated carbocycles. The number of nitrogens with one attached hydrogen (secondary N) is 1. The fraction of sp³-hybridized carbons (Fsp3) is 0.250. The van der Waals surface area contributed by atoms with E-state index in [1.165, 1.54) is 0 Å². The second kappa shape index (κ2) is 4.97. The van der Waals surface area contributed by atoms with E-state index in [0.29, 0.717) is 16.6 Å². The van der Waals surface area contributed by atoms with E-state index in [9.17, 15) is 15.2 Å². The highest BCUT2D eigenvalue weighted by Crippen LogP contribution is 2.32. The molecule has 0 spiro atoms. The third kappa shape index (κ3) is 2.38. The predicted molar refractivity (Wildman–Crippen MR) is 68.6 cm³/mol. The molecule has 1 heterocycles. The number of anilines is 1. The molecule has 6 nitrogen and oxygen atoms in total. The van der Waals surface area contributed by atoms with E-state index in [1.54, 1.807) is 37.4 Å². The van der Waals surface area contributed by atoms with Gasteiger partial charge in [-0.15, -0.1) is 0 Å². The van der Waals surface area contributed by atoms with E-state index in [-0.39, 0.29) is 12.2 Å². The summed E-state index contributed by atoms with van der Waals surface area (Å²) in [5, 5.41) is 23.7. The van der Waals surface area contributed by atoms with Gasteiger partial charge in [-0.05, 0) is 31.2 Å². The lowest BCUT2D eigenvalue weighted by atomic mass is 10.1. The Bertz CT molecular complexity index is 584. The van der Waals surface area contributed by atoms with Crippen LogP contribution in [-0.2, 0) is 0 Å². The molecule has 2 N–H and O–H groups in total. The third-order valence-electron chi connectivity index (χ3n) is 2.53. The zero-order chi connectivity index (χ0) is 13.1. The monoisotopic (exact) mass is 247 g/mol. The van der Waals surface area contributed by atoms with Crippen LogP contribution < -0.4 is 5.32 Å². The van der Waals surface area contributed by atoms with Gasteiger partial charge in [-0.1, -0.05) is 0 Å². The van der Waals surface area contributed by atoms with Gasteiger partial charge < -0.3 is 10.4 Å². The highest BCUT2D eigenvalue weighted by Gasteiger charge is 2.18. The number of hydrogen-bond acceptors (Lipinski definition) is 5. The van der Waals surface area contributed by atoms with E-state index in [0.717, 1.165) is 0 Å². The van der Waals surface area contributed by atoms with Crippen LogP contribution >= 0.6 is 0 Å². The molecule has 0 bridgehead atoms. The largest absolute Gasteiger partial charge is 0.392 e. The van der Waals surface area contributed by atoms with Gasteiger partial charge in [0.2, 0.25) is 0 Å². The van der Waals surface area contributed by atoms with Crippen LogP contribution in [0.5, 0.6) is 0 Å². The number of aliphatic hydroxyl groups is 1. The van der Waals surface area contributed by atoms with Crippen molar-refractivity contribution in [2.45, 2.75) is 13.0 Å². The minimum atomic E-state index is -0.575. The molecule has 0 fully saturated rings. The van der Waals surface area contributed by atoms with Crippen LogP contribution in [0.2, 0.25) is 0 Å². The molecule has 1 aromatic carbocycles. The first-order valence-electron chi connectivity index (χ1n) is 5.53. The first-order valence-corrected chi connectivity index (χ1v) is 5.53. The lowest BCUT2D eigenvalue weighted by Gasteiger charge is -2.10. The maximum absolute atomic E-state index is 11.2. The number of aliphatic hydroxyl groups excluding tert-OH is 1. The third-order valence-corrected chi connectivity index (χ3v) is 2.53. The number of nitrogens with zero attached hydrogens (tertiary/aromatic N) is 2. The predicted octanol–water partition coefficient (Wildman–Crippen LogP) is 1.94. The van der Waals surface area contributed by atoms with Gasteiger partial charge in [0.25, 0.3) is 0 Å². The molecule has 6 heteroatoms. The van der Waals surface area contributed by atoms with Crippen molar-refractivity contribution < 1.29 is 10.0 Å². The van der Waals surface area contributed by atoms with Crippen LogP contribution in [0.15, 0.2) is 30.5 Å². The first-order chi connectivity index (χ1) is 8.59. The number of fused-ring (bicyclic) bond motifs is 1. The molecule has 0 aliphatic rings. The summed E-state index contributed by atoms with van der Waals surface area (Å²) in [6, 6.07) is 6.64. The van der Waals surface area contributed by atoms with Gasteiger partial charge in [0.1, 0.15) is 5.69 Å². The molecule has 0 aliphatic heterocycles. The smallest absolute Gasteiger partial charge is 0.301 e. The quantitative estimate of drug-likeness (QED) is 0.636. The average Bonchev–Trinajstić information content (AvgIpc) is 2.35. The summed E-state index contributed by atoms with van der Waals surface area (Å²) in [7, 11) is 0. The Morgan fingerprint density at radius 3 is 2.94 bits per heavy atom. The lowest BCUT2D eigenvalue weighted by Crippen LogP contribution is -2.16. The van der Waals surface area contributed by atoms with Crippen molar-refractivity contribution in [2.75, 3.05) is 11.9 Å². The normalized spacial score (nSPS) is 12.3. The summed E-state index contributed by atoms with van der Waals surface area (Å²) in [5.41, 5.74) is 0.953. The molecule has 94 valence electrons. The first kappa shape index (κ1) is 12.3. The van der Waals surface area contributed by atoms with E-state index in [2.05, 4.69) is 10.3 Å². The fourth-order valence-corrected chi connectivity index (χ4v) is 1.73. The summed E-state index contributed by atoms with van der Waals surface area (Å²) >= 11 is 0. The Labute approximate surface area is 103 Å². The number of aromatic nitrogens is 1. The molecular formula is C12H13N3O3. The Morgan fingerprint density at radius 1 is 1.50 bits per heavy atom. The van der Waals surface area contributed by atoms with Crippen LogP contribution in [0.1, 0.15) is 6.92 Å². The van der Waals surface area contributed by atoms with Gasteiger partial charge in [0.15, 0.2) is 0 Å². The fourth-order valence-electron chi connectivity index (χ4n) is 1.73. The number of benzene rings is 1. The summed E-state index contributed by atoms with van der Waals surface area (Å²) < 4.78 is 0. The Kier molecular flexibility index (Phi) is 3.38. The number of hydrogen-bond donors (Lipinski definition) is 2. The highest BCUT2D eigenvalue weighted by molar-refractivity contribution is 5.94. The van der Waals surface area contributed by atoms with Gasteiger partial charge in [-0.25, -0.2) is 0 Å². The zero-order valence-electron chi connectivity index (χ0n) is 9.83. The molecular weight excluding hydrogens is 234 g/mol. The van der Waals surface area contributed by atoms with Crippen LogP contribution in [0.25, 0.3) is 10.9 Å². The van der Waals surface area contributed by atoms with Crippen molar-refractivity contribution in [2.24, 2.45) is 0 Å². The van der Waals surface area contributed by atoms with Crippen LogP contribution in [0, 0.1) is 10.1 Å². The molecule has 2 aromatic rings. The second-order valence-electron chi connectivity index (χ2n) is 4.02. The van der Waals surface area contributed by atoms with Crippen molar-refractivity contribution in [3.05, 3.63) is 40.6 Å². The maximum atomic E-state index is 11.2. The molecule has 18 heavy (non-hydrogen) atoms. The van der Waals surface area contributed by atoms with Crippen LogP contribution in [-0.4, -0.2) is 27.7 Å². The average molecular weight is 247 g/mol. The topological polar surface area (TPSA) is 88.3 Å². The number of rotatable bonds is 4. The Morgan fingerprint density at radius 2 is 2.28 bits per heavy atom. The van der Waals surface area contributed by atoms with Crippen molar-refractivity contribution in [1.82, 2.24) is 4.98 Å². The molecule has 1 unspecified atom stereocenters. The van der Waals surface area contributed by atoms with Gasteiger partial charge in [-0.2, -0.15) is 0 Å². The Balaban J connectivity index is 2.52. The second-order valence-corrected chi connectivity index (χ2v) is 4.02. The van der Waals surface area contributed by atoms with Crippen molar-refractivity contribution in [1.29, 1.82) is 0 Å². The van der Waals surface area contributed by atoms with Crippen molar-refractivity contribution >= 4 is 22.3 Å². The SMILES string of the molecule is CC(O)CNc1ccc2ncccc2c1[N+](=O)[O-]. The standard InChI is InChI=1S/C12H13N3O3/c1-8(16)7-14-11-5-4-10-9(3-2-6-13-10)12(11)15(17)18/h2-6,8,14,16H,7H2,1H3. The number of nitro benzene ring substituents is 1.